The zero-order valence-electron chi connectivity index (χ0n) is 16.9. The van der Waals surface area contributed by atoms with Crippen LogP contribution in [0.25, 0.3) is 27.9 Å². The molecule has 0 radical (unpaired) electrons. The second-order valence-corrected chi connectivity index (χ2v) is 7.93. The average molecular weight is 390 g/mol. The minimum atomic E-state index is 0.289. The average Bonchev–Trinajstić information content (AvgIpc) is 3.27. The van der Waals surface area contributed by atoms with Crippen LogP contribution in [-0.4, -0.2) is 71.0 Å². The summed E-state index contributed by atoms with van der Waals surface area (Å²) in [6, 6.07) is 6.57. The maximum absolute atomic E-state index is 5.65. The van der Waals surface area contributed by atoms with Gasteiger partial charge in [-0.2, -0.15) is 5.10 Å². The largest absolute Gasteiger partial charge is 0.377 e. The molecule has 3 aromatic heterocycles. The highest BCUT2D eigenvalue weighted by Gasteiger charge is 2.24. The van der Waals surface area contributed by atoms with Crippen molar-refractivity contribution in [3.63, 3.8) is 0 Å². The molecule has 2 aliphatic heterocycles. The van der Waals surface area contributed by atoms with E-state index in [0.717, 1.165) is 67.4 Å². The number of fused-ring (bicyclic) bond motifs is 1. The molecule has 0 saturated carbocycles. The highest BCUT2D eigenvalue weighted by Crippen LogP contribution is 2.34. The van der Waals surface area contributed by atoms with Crippen LogP contribution in [-0.2, 0) is 4.74 Å². The highest BCUT2D eigenvalue weighted by molar-refractivity contribution is 5.99. The second-order valence-electron chi connectivity index (χ2n) is 7.93. The number of ether oxygens (including phenoxy) is 1. The third-order valence-corrected chi connectivity index (χ3v) is 5.82. The summed E-state index contributed by atoms with van der Waals surface area (Å²) in [6.45, 7) is 6.53. The van der Waals surface area contributed by atoms with Crippen molar-refractivity contribution in [3.8, 4) is 11.4 Å². The summed E-state index contributed by atoms with van der Waals surface area (Å²) >= 11 is 0. The number of pyridine rings is 2. The van der Waals surface area contributed by atoms with Crippen LogP contribution in [0.2, 0.25) is 0 Å². The van der Waals surface area contributed by atoms with Gasteiger partial charge >= 0.3 is 0 Å². The van der Waals surface area contributed by atoms with E-state index in [0.29, 0.717) is 0 Å². The van der Waals surface area contributed by atoms with Gasteiger partial charge in [0.05, 0.1) is 24.9 Å². The standard InChI is InChI=1S/C22H26N6O/c1-15-14-29-11-10-28(15)20-12-18(16-4-3-9-27(2)13-16)17-5-7-23-22(21(17)25-20)19-6-8-24-26-19/h4-8,12,15H,3,9-11,13-14H2,1-2H3,(H,24,26)/t15-/m1/s1. The van der Waals surface area contributed by atoms with E-state index in [1.165, 1.54) is 11.1 Å². The summed E-state index contributed by atoms with van der Waals surface area (Å²) in [5, 5.41) is 8.30. The molecule has 1 saturated heterocycles. The zero-order chi connectivity index (χ0) is 19.8. The van der Waals surface area contributed by atoms with Gasteiger partial charge < -0.3 is 14.5 Å². The maximum atomic E-state index is 5.65. The van der Waals surface area contributed by atoms with Crippen LogP contribution in [0.4, 0.5) is 5.82 Å². The van der Waals surface area contributed by atoms with Gasteiger partial charge in [0.1, 0.15) is 17.0 Å². The van der Waals surface area contributed by atoms with Gasteiger partial charge in [-0.3, -0.25) is 10.1 Å². The lowest BCUT2D eigenvalue weighted by atomic mass is 9.97. The van der Waals surface area contributed by atoms with Gasteiger partial charge in [0, 0.05) is 37.4 Å². The van der Waals surface area contributed by atoms with E-state index in [9.17, 15) is 0 Å². The smallest absolute Gasteiger partial charge is 0.130 e. The molecule has 2 aliphatic rings. The molecule has 150 valence electrons. The Morgan fingerprint density at radius 3 is 2.93 bits per heavy atom. The Morgan fingerprint density at radius 2 is 2.14 bits per heavy atom. The topological polar surface area (TPSA) is 70.2 Å². The van der Waals surface area contributed by atoms with Crippen LogP contribution < -0.4 is 4.90 Å². The number of anilines is 1. The highest BCUT2D eigenvalue weighted by atomic mass is 16.5. The van der Waals surface area contributed by atoms with Crippen molar-refractivity contribution >= 4 is 22.3 Å². The number of hydrogen-bond donors (Lipinski definition) is 1. The summed E-state index contributed by atoms with van der Waals surface area (Å²) < 4.78 is 5.65. The fourth-order valence-corrected chi connectivity index (χ4v) is 4.29. The predicted octanol–water partition coefficient (Wildman–Crippen LogP) is 2.96. The Hall–Kier alpha value is -2.77. The number of likely N-dealkylation sites (N-methyl/N-ethyl adjacent to an activating group) is 1. The van der Waals surface area contributed by atoms with Crippen molar-refractivity contribution in [1.82, 2.24) is 25.1 Å². The molecule has 0 unspecified atom stereocenters. The number of H-pyrrole nitrogens is 1. The summed E-state index contributed by atoms with van der Waals surface area (Å²) in [4.78, 5) is 14.5. The summed E-state index contributed by atoms with van der Waals surface area (Å²) in [7, 11) is 2.18. The van der Waals surface area contributed by atoms with E-state index in [1.54, 1.807) is 6.20 Å². The number of hydrogen-bond acceptors (Lipinski definition) is 6. The van der Waals surface area contributed by atoms with Crippen LogP contribution >= 0.6 is 0 Å². The molecule has 1 N–H and O–H groups in total. The summed E-state index contributed by atoms with van der Waals surface area (Å²) in [5.41, 5.74) is 5.25. The van der Waals surface area contributed by atoms with Gasteiger partial charge in [-0.05, 0) is 49.7 Å². The van der Waals surface area contributed by atoms with Gasteiger partial charge in [0.2, 0.25) is 0 Å². The molecule has 1 atom stereocenters. The van der Waals surface area contributed by atoms with Crippen LogP contribution in [0.5, 0.6) is 0 Å². The molecule has 0 bridgehead atoms. The molecular formula is C22H26N6O. The van der Waals surface area contributed by atoms with Gasteiger partial charge in [-0.25, -0.2) is 4.98 Å². The number of morpholine rings is 1. The summed E-state index contributed by atoms with van der Waals surface area (Å²) in [6.07, 6.45) is 7.06. The van der Waals surface area contributed by atoms with Crippen molar-refractivity contribution in [2.45, 2.75) is 19.4 Å². The SMILES string of the molecule is C[C@@H]1COCCN1c1cc(C2=CCCN(C)C2)c2ccnc(-c3ccn[nH]3)c2n1. The molecule has 5 rings (SSSR count). The number of nitrogens with one attached hydrogen (secondary N) is 1. The van der Waals surface area contributed by atoms with Gasteiger partial charge in [-0.15, -0.1) is 0 Å². The first kappa shape index (κ1) is 18.3. The number of nitrogens with zero attached hydrogens (tertiary/aromatic N) is 5. The van der Waals surface area contributed by atoms with Crippen molar-refractivity contribution in [2.75, 3.05) is 44.8 Å². The Morgan fingerprint density at radius 1 is 1.21 bits per heavy atom. The van der Waals surface area contributed by atoms with Crippen LogP contribution in [0, 0.1) is 0 Å². The van der Waals surface area contributed by atoms with E-state index < -0.39 is 0 Å². The van der Waals surface area contributed by atoms with Gasteiger partial charge in [0.15, 0.2) is 0 Å². The van der Waals surface area contributed by atoms with Crippen molar-refractivity contribution < 1.29 is 4.74 Å². The molecule has 1 fully saturated rings. The van der Waals surface area contributed by atoms with Crippen LogP contribution in [0.15, 0.2) is 36.7 Å². The molecule has 7 heteroatoms. The first-order valence-electron chi connectivity index (χ1n) is 10.2. The lowest BCUT2D eigenvalue weighted by Gasteiger charge is -2.35. The Kier molecular flexibility index (Phi) is 4.77. The minimum Gasteiger partial charge on any atom is -0.377 e. The Bertz CT molecular complexity index is 1040. The third-order valence-electron chi connectivity index (χ3n) is 5.82. The molecule has 3 aromatic rings. The number of rotatable bonds is 3. The molecule has 0 aliphatic carbocycles. The Balaban J connectivity index is 1.73. The summed E-state index contributed by atoms with van der Waals surface area (Å²) in [5.74, 6) is 0.992. The fraction of sp³-hybridized carbons (Fsp3) is 0.409. The van der Waals surface area contributed by atoms with Crippen molar-refractivity contribution in [1.29, 1.82) is 0 Å². The molecule has 7 nitrogen and oxygen atoms in total. The fourth-order valence-electron chi connectivity index (χ4n) is 4.29. The molecule has 29 heavy (non-hydrogen) atoms. The van der Waals surface area contributed by atoms with Gasteiger partial charge in [-0.1, -0.05) is 6.08 Å². The third kappa shape index (κ3) is 3.41. The molecule has 0 aromatic carbocycles. The molecule has 0 spiro atoms. The van der Waals surface area contributed by atoms with E-state index in [2.05, 4.69) is 57.2 Å². The number of aromatic amines is 1. The second kappa shape index (κ2) is 7.57. The van der Waals surface area contributed by atoms with Crippen molar-refractivity contribution in [2.24, 2.45) is 0 Å². The van der Waals surface area contributed by atoms with E-state index in [1.807, 2.05) is 12.3 Å². The first-order chi connectivity index (χ1) is 14.2. The first-order valence-corrected chi connectivity index (χ1v) is 10.2. The van der Waals surface area contributed by atoms with Crippen LogP contribution in [0.3, 0.4) is 0 Å². The lowest BCUT2D eigenvalue weighted by molar-refractivity contribution is 0.0985. The van der Waals surface area contributed by atoms with Crippen LogP contribution in [0.1, 0.15) is 18.9 Å². The minimum absolute atomic E-state index is 0.289. The molecular weight excluding hydrogens is 364 g/mol. The van der Waals surface area contributed by atoms with E-state index >= 15 is 0 Å². The monoisotopic (exact) mass is 390 g/mol. The van der Waals surface area contributed by atoms with Gasteiger partial charge in [0.25, 0.3) is 0 Å². The number of aromatic nitrogens is 4. The lowest BCUT2D eigenvalue weighted by Crippen LogP contribution is -2.44. The van der Waals surface area contributed by atoms with E-state index in [4.69, 9.17) is 9.72 Å². The maximum Gasteiger partial charge on any atom is 0.130 e. The normalized spacial score (nSPS) is 20.8. The molecule has 5 heterocycles. The van der Waals surface area contributed by atoms with Crippen molar-refractivity contribution in [3.05, 3.63) is 42.2 Å². The quantitative estimate of drug-likeness (QED) is 0.741. The molecule has 0 amide bonds. The predicted molar refractivity (Wildman–Crippen MR) is 115 cm³/mol. The van der Waals surface area contributed by atoms with E-state index in [-0.39, 0.29) is 6.04 Å². The Labute approximate surface area is 170 Å². The zero-order valence-corrected chi connectivity index (χ0v) is 16.9.